The van der Waals surface area contributed by atoms with E-state index in [4.69, 9.17) is 0 Å². The second-order valence-electron chi connectivity index (χ2n) is 4.81. The highest BCUT2D eigenvalue weighted by Crippen LogP contribution is 2.37. The van der Waals surface area contributed by atoms with Crippen LogP contribution < -0.4 is 4.90 Å². The third-order valence-electron chi connectivity index (χ3n) is 3.22. The summed E-state index contributed by atoms with van der Waals surface area (Å²) in [6.45, 7) is 5.12. The molecule has 2 nitrogen and oxygen atoms in total. The van der Waals surface area contributed by atoms with Gasteiger partial charge in [0, 0.05) is 17.1 Å². The van der Waals surface area contributed by atoms with E-state index < -0.39 is 6.10 Å². The van der Waals surface area contributed by atoms with Crippen LogP contribution in [0.1, 0.15) is 44.8 Å². The summed E-state index contributed by atoms with van der Waals surface area (Å²) < 4.78 is 1.09. The Morgan fingerprint density at radius 3 is 2.65 bits per heavy atom. The second kappa shape index (κ2) is 5.40. The van der Waals surface area contributed by atoms with Gasteiger partial charge in [-0.2, -0.15) is 0 Å². The average molecular weight is 298 g/mol. The van der Waals surface area contributed by atoms with Gasteiger partial charge in [0.05, 0.1) is 11.8 Å². The number of halogens is 1. The molecule has 0 radical (unpaired) electrons. The van der Waals surface area contributed by atoms with E-state index in [9.17, 15) is 5.11 Å². The zero-order valence-corrected chi connectivity index (χ0v) is 12.1. The van der Waals surface area contributed by atoms with Crippen molar-refractivity contribution in [2.45, 2.75) is 45.3 Å². The highest BCUT2D eigenvalue weighted by atomic mass is 79.9. The molecule has 0 amide bonds. The van der Waals surface area contributed by atoms with Gasteiger partial charge >= 0.3 is 0 Å². The van der Waals surface area contributed by atoms with Crippen LogP contribution in [0, 0.1) is 0 Å². The molecule has 94 valence electrons. The quantitative estimate of drug-likeness (QED) is 0.891. The predicted octanol–water partition coefficient (Wildman–Crippen LogP) is 3.88. The maximum absolute atomic E-state index is 9.57. The van der Waals surface area contributed by atoms with Crippen LogP contribution in [0.3, 0.4) is 0 Å². The van der Waals surface area contributed by atoms with Crippen LogP contribution in [0.2, 0.25) is 0 Å². The highest BCUT2D eigenvalue weighted by Gasteiger charge is 2.29. The number of benzene rings is 1. The van der Waals surface area contributed by atoms with Gasteiger partial charge in [-0.15, -0.1) is 0 Å². The summed E-state index contributed by atoms with van der Waals surface area (Å²) in [5.74, 6) is 0. The normalized spacial score (nSPS) is 16.9. The molecule has 0 unspecified atom stereocenters. The summed E-state index contributed by atoms with van der Waals surface area (Å²) in [7, 11) is 0. The molecule has 1 aliphatic carbocycles. The van der Waals surface area contributed by atoms with Gasteiger partial charge in [-0.25, -0.2) is 0 Å². The van der Waals surface area contributed by atoms with Crippen molar-refractivity contribution in [3.63, 3.8) is 0 Å². The molecule has 2 rings (SSSR count). The molecule has 0 aromatic heterocycles. The van der Waals surface area contributed by atoms with Gasteiger partial charge in [0.1, 0.15) is 0 Å². The van der Waals surface area contributed by atoms with Crippen LogP contribution in [-0.4, -0.2) is 17.7 Å². The van der Waals surface area contributed by atoms with Crippen molar-refractivity contribution in [3.8, 4) is 0 Å². The largest absolute Gasteiger partial charge is 0.389 e. The number of aliphatic hydroxyl groups is 1. The Kier molecular flexibility index (Phi) is 4.10. The molecule has 1 saturated carbocycles. The number of hydrogen-bond acceptors (Lipinski definition) is 2. The summed E-state index contributed by atoms with van der Waals surface area (Å²) in [6.07, 6.45) is 3.39. The van der Waals surface area contributed by atoms with E-state index in [-0.39, 0.29) is 0 Å². The van der Waals surface area contributed by atoms with E-state index in [0.717, 1.165) is 22.6 Å². The number of nitrogens with zero attached hydrogens (tertiary/aromatic N) is 1. The summed E-state index contributed by atoms with van der Waals surface area (Å²) >= 11 is 3.63. The lowest BCUT2D eigenvalue weighted by Gasteiger charge is -2.26. The van der Waals surface area contributed by atoms with Crippen molar-refractivity contribution in [2.75, 3.05) is 11.4 Å². The van der Waals surface area contributed by atoms with Gasteiger partial charge in [0.2, 0.25) is 0 Å². The van der Waals surface area contributed by atoms with E-state index in [1.54, 1.807) is 6.92 Å². The van der Waals surface area contributed by atoms with Crippen LogP contribution >= 0.6 is 15.9 Å². The summed E-state index contributed by atoms with van der Waals surface area (Å²) in [5.41, 5.74) is 2.23. The predicted molar refractivity (Wildman–Crippen MR) is 75.4 cm³/mol. The van der Waals surface area contributed by atoms with Crippen LogP contribution in [0.4, 0.5) is 5.69 Å². The number of hydrogen-bond donors (Lipinski definition) is 1. The fraction of sp³-hybridized carbons (Fsp3) is 0.571. The topological polar surface area (TPSA) is 23.5 Å². The Morgan fingerprint density at radius 2 is 2.18 bits per heavy atom. The van der Waals surface area contributed by atoms with Crippen molar-refractivity contribution in [1.29, 1.82) is 0 Å². The highest BCUT2D eigenvalue weighted by molar-refractivity contribution is 9.10. The molecular weight excluding hydrogens is 278 g/mol. The zero-order valence-electron chi connectivity index (χ0n) is 10.5. The maximum Gasteiger partial charge on any atom is 0.0762 e. The average Bonchev–Trinajstić information content (AvgIpc) is 3.10. The van der Waals surface area contributed by atoms with E-state index in [1.165, 1.54) is 24.9 Å². The van der Waals surface area contributed by atoms with Crippen molar-refractivity contribution < 1.29 is 5.11 Å². The van der Waals surface area contributed by atoms with Gasteiger partial charge in [-0.05, 0) is 59.8 Å². The number of anilines is 1. The SMILES string of the molecule is CCCN(c1ccc([C@H](C)O)cc1Br)C1CC1. The summed E-state index contributed by atoms with van der Waals surface area (Å²) in [4.78, 5) is 2.48. The molecule has 1 fully saturated rings. The Hall–Kier alpha value is -0.540. The van der Waals surface area contributed by atoms with Crippen molar-refractivity contribution >= 4 is 21.6 Å². The molecule has 17 heavy (non-hydrogen) atoms. The molecular formula is C14H20BrNO. The van der Waals surface area contributed by atoms with Gasteiger partial charge in [-0.3, -0.25) is 0 Å². The van der Waals surface area contributed by atoms with Crippen LogP contribution in [0.25, 0.3) is 0 Å². The number of aliphatic hydroxyl groups excluding tert-OH is 1. The lowest BCUT2D eigenvalue weighted by molar-refractivity contribution is 0.199. The third kappa shape index (κ3) is 3.02. The molecule has 0 saturated heterocycles. The van der Waals surface area contributed by atoms with E-state index in [2.05, 4.69) is 33.8 Å². The van der Waals surface area contributed by atoms with Crippen LogP contribution in [0.5, 0.6) is 0 Å². The maximum atomic E-state index is 9.57. The first kappa shape index (κ1) is 12.9. The standard InChI is InChI=1S/C14H20BrNO/c1-3-8-16(12-5-6-12)14-7-4-11(10(2)17)9-13(14)15/h4,7,9-10,12,17H,3,5-6,8H2,1-2H3/t10-/m0/s1. The summed E-state index contributed by atoms with van der Waals surface area (Å²) in [5, 5.41) is 9.57. The molecule has 1 aromatic carbocycles. The first-order valence-corrected chi connectivity index (χ1v) is 7.17. The van der Waals surface area contributed by atoms with Gasteiger partial charge in [0.15, 0.2) is 0 Å². The molecule has 0 aliphatic heterocycles. The molecule has 1 N–H and O–H groups in total. The fourth-order valence-corrected chi connectivity index (χ4v) is 2.77. The van der Waals surface area contributed by atoms with Crippen molar-refractivity contribution in [3.05, 3.63) is 28.2 Å². The number of rotatable bonds is 5. The Bertz CT molecular complexity index is 388. The van der Waals surface area contributed by atoms with Crippen molar-refractivity contribution in [2.24, 2.45) is 0 Å². The Labute approximate surface area is 112 Å². The van der Waals surface area contributed by atoms with Gasteiger partial charge < -0.3 is 10.0 Å². The molecule has 1 aliphatic rings. The van der Waals surface area contributed by atoms with Gasteiger partial charge in [0.25, 0.3) is 0 Å². The molecule has 0 spiro atoms. The Morgan fingerprint density at radius 1 is 1.47 bits per heavy atom. The zero-order chi connectivity index (χ0) is 12.4. The first-order chi connectivity index (χ1) is 8.13. The first-order valence-electron chi connectivity index (χ1n) is 6.37. The lowest BCUT2D eigenvalue weighted by atomic mass is 10.1. The molecule has 0 heterocycles. The fourth-order valence-electron chi connectivity index (χ4n) is 2.14. The second-order valence-corrected chi connectivity index (χ2v) is 5.67. The minimum Gasteiger partial charge on any atom is -0.389 e. The van der Waals surface area contributed by atoms with E-state index >= 15 is 0 Å². The van der Waals surface area contributed by atoms with Crippen LogP contribution in [0.15, 0.2) is 22.7 Å². The van der Waals surface area contributed by atoms with Gasteiger partial charge in [-0.1, -0.05) is 13.0 Å². The van der Waals surface area contributed by atoms with Crippen molar-refractivity contribution in [1.82, 2.24) is 0 Å². The monoisotopic (exact) mass is 297 g/mol. The molecule has 3 heteroatoms. The summed E-state index contributed by atoms with van der Waals surface area (Å²) in [6, 6.07) is 6.91. The third-order valence-corrected chi connectivity index (χ3v) is 3.85. The van der Waals surface area contributed by atoms with Crippen LogP contribution in [-0.2, 0) is 0 Å². The minimum atomic E-state index is -0.402. The molecule has 1 aromatic rings. The minimum absolute atomic E-state index is 0.402. The van der Waals surface area contributed by atoms with E-state index in [1.807, 2.05) is 12.1 Å². The molecule has 0 bridgehead atoms. The Balaban J connectivity index is 2.24. The lowest BCUT2D eigenvalue weighted by Crippen LogP contribution is -2.26. The smallest absolute Gasteiger partial charge is 0.0762 e. The molecule has 1 atom stereocenters. The van der Waals surface area contributed by atoms with E-state index in [0.29, 0.717) is 0 Å².